The summed E-state index contributed by atoms with van der Waals surface area (Å²) >= 11 is 0. The number of aryl methyl sites for hydroxylation is 1. The van der Waals surface area contributed by atoms with Gasteiger partial charge in [0.1, 0.15) is 0 Å². The topological polar surface area (TPSA) is 77.2 Å². The first-order chi connectivity index (χ1) is 9.25. The molecular weight excluding hydrogens is 246 g/mol. The standard InChI is InChI=1S/C13H19N3O3/c17-13(18)11-12(9-5-6-9)16(15-14-11)7-1-3-10-4-2-8-19-10/h9-10H,1-8H2,(H,17,18). The Kier molecular flexibility index (Phi) is 3.50. The molecule has 1 aromatic heterocycles. The zero-order valence-electron chi connectivity index (χ0n) is 10.9. The summed E-state index contributed by atoms with van der Waals surface area (Å²) in [5.74, 6) is -0.615. The van der Waals surface area contributed by atoms with E-state index in [0.29, 0.717) is 12.0 Å². The van der Waals surface area contributed by atoms with E-state index in [1.807, 2.05) is 0 Å². The largest absolute Gasteiger partial charge is 0.476 e. The first-order valence-corrected chi connectivity index (χ1v) is 7.04. The molecule has 2 aliphatic rings. The molecule has 0 bridgehead atoms. The molecule has 1 saturated heterocycles. The first-order valence-electron chi connectivity index (χ1n) is 7.04. The maximum Gasteiger partial charge on any atom is 0.358 e. The van der Waals surface area contributed by atoms with Crippen LogP contribution in [0.25, 0.3) is 0 Å². The number of aromatic carboxylic acids is 1. The van der Waals surface area contributed by atoms with Crippen LogP contribution in [0, 0.1) is 0 Å². The van der Waals surface area contributed by atoms with Crippen molar-refractivity contribution in [3.63, 3.8) is 0 Å². The molecule has 3 rings (SSSR count). The van der Waals surface area contributed by atoms with E-state index in [0.717, 1.165) is 57.4 Å². The number of nitrogens with zero attached hydrogens (tertiary/aromatic N) is 3. The number of carboxylic acids is 1. The molecule has 0 spiro atoms. The highest BCUT2D eigenvalue weighted by Gasteiger charge is 2.33. The zero-order chi connectivity index (χ0) is 13.2. The molecule has 0 amide bonds. The van der Waals surface area contributed by atoms with Crippen LogP contribution in [0.15, 0.2) is 0 Å². The van der Waals surface area contributed by atoms with Gasteiger partial charge in [0, 0.05) is 19.1 Å². The molecule has 1 N–H and O–H groups in total. The van der Waals surface area contributed by atoms with E-state index in [-0.39, 0.29) is 5.69 Å². The fourth-order valence-electron chi connectivity index (χ4n) is 2.74. The summed E-state index contributed by atoms with van der Waals surface area (Å²) in [6.45, 7) is 1.62. The molecule has 104 valence electrons. The van der Waals surface area contributed by atoms with Crippen molar-refractivity contribution < 1.29 is 14.6 Å². The molecule has 0 radical (unpaired) electrons. The maximum absolute atomic E-state index is 11.1. The Morgan fingerprint density at radius 1 is 1.42 bits per heavy atom. The lowest BCUT2D eigenvalue weighted by molar-refractivity contribution is 0.0689. The number of rotatable bonds is 6. The lowest BCUT2D eigenvalue weighted by atomic mass is 10.1. The third-order valence-electron chi connectivity index (χ3n) is 3.86. The van der Waals surface area contributed by atoms with E-state index in [1.54, 1.807) is 4.68 Å². The lowest BCUT2D eigenvalue weighted by Crippen LogP contribution is -2.11. The fourth-order valence-corrected chi connectivity index (χ4v) is 2.74. The summed E-state index contributed by atoms with van der Waals surface area (Å²) in [5, 5.41) is 16.9. The lowest BCUT2D eigenvalue weighted by Gasteiger charge is -2.10. The van der Waals surface area contributed by atoms with Gasteiger partial charge in [-0.15, -0.1) is 5.10 Å². The molecule has 0 aromatic carbocycles. The van der Waals surface area contributed by atoms with Crippen molar-refractivity contribution in [1.29, 1.82) is 0 Å². The highest BCUT2D eigenvalue weighted by atomic mass is 16.5. The van der Waals surface area contributed by atoms with Crippen LogP contribution >= 0.6 is 0 Å². The average molecular weight is 265 g/mol. The van der Waals surface area contributed by atoms with E-state index < -0.39 is 5.97 Å². The van der Waals surface area contributed by atoms with Gasteiger partial charge in [0.05, 0.1) is 11.8 Å². The van der Waals surface area contributed by atoms with Crippen molar-refractivity contribution >= 4 is 5.97 Å². The Balaban J connectivity index is 1.62. The molecular formula is C13H19N3O3. The summed E-state index contributed by atoms with van der Waals surface area (Å²) < 4.78 is 7.37. The Labute approximate surface area is 111 Å². The van der Waals surface area contributed by atoms with Gasteiger partial charge in [-0.1, -0.05) is 5.21 Å². The third-order valence-corrected chi connectivity index (χ3v) is 3.86. The van der Waals surface area contributed by atoms with Gasteiger partial charge >= 0.3 is 5.97 Å². The number of hydrogen-bond acceptors (Lipinski definition) is 4. The molecule has 2 heterocycles. The molecule has 19 heavy (non-hydrogen) atoms. The molecule has 1 aliphatic carbocycles. The van der Waals surface area contributed by atoms with Crippen molar-refractivity contribution in [2.24, 2.45) is 0 Å². The summed E-state index contributed by atoms with van der Waals surface area (Å²) in [6, 6.07) is 0. The van der Waals surface area contributed by atoms with Crippen LogP contribution < -0.4 is 0 Å². The predicted octanol–water partition coefficient (Wildman–Crippen LogP) is 1.81. The van der Waals surface area contributed by atoms with Crippen LogP contribution in [-0.2, 0) is 11.3 Å². The molecule has 1 saturated carbocycles. The molecule has 1 unspecified atom stereocenters. The van der Waals surface area contributed by atoms with Crippen LogP contribution in [0.1, 0.15) is 60.6 Å². The summed E-state index contributed by atoms with van der Waals surface area (Å²) in [6.07, 6.45) is 6.78. The van der Waals surface area contributed by atoms with Crippen LogP contribution in [0.2, 0.25) is 0 Å². The summed E-state index contributed by atoms with van der Waals surface area (Å²) in [4.78, 5) is 11.1. The fraction of sp³-hybridized carbons (Fsp3) is 0.769. The minimum atomic E-state index is -0.965. The Morgan fingerprint density at radius 2 is 2.26 bits per heavy atom. The minimum absolute atomic E-state index is 0.139. The van der Waals surface area contributed by atoms with Crippen molar-refractivity contribution in [3.8, 4) is 0 Å². The van der Waals surface area contributed by atoms with Gasteiger partial charge in [-0.25, -0.2) is 9.48 Å². The monoisotopic (exact) mass is 265 g/mol. The van der Waals surface area contributed by atoms with Crippen molar-refractivity contribution in [2.75, 3.05) is 6.61 Å². The third kappa shape index (κ3) is 2.78. The Hall–Kier alpha value is -1.43. The van der Waals surface area contributed by atoms with Crippen molar-refractivity contribution in [2.45, 2.75) is 57.1 Å². The Morgan fingerprint density at radius 3 is 2.89 bits per heavy atom. The zero-order valence-corrected chi connectivity index (χ0v) is 10.9. The number of aromatic nitrogens is 3. The van der Waals surface area contributed by atoms with Gasteiger partial charge in [-0.2, -0.15) is 0 Å². The van der Waals surface area contributed by atoms with E-state index >= 15 is 0 Å². The summed E-state index contributed by atoms with van der Waals surface area (Å²) in [7, 11) is 0. The molecule has 2 fully saturated rings. The summed E-state index contributed by atoms with van der Waals surface area (Å²) in [5.41, 5.74) is 0.958. The van der Waals surface area contributed by atoms with Gasteiger partial charge in [0.25, 0.3) is 0 Å². The smallest absolute Gasteiger partial charge is 0.358 e. The molecule has 6 heteroatoms. The predicted molar refractivity (Wildman–Crippen MR) is 67.2 cm³/mol. The van der Waals surface area contributed by atoms with Crippen LogP contribution in [-0.4, -0.2) is 38.8 Å². The second-order valence-electron chi connectivity index (χ2n) is 5.40. The van der Waals surface area contributed by atoms with Crippen molar-refractivity contribution in [1.82, 2.24) is 15.0 Å². The maximum atomic E-state index is 11.1. The Bertz CT molecular complexity index is 462. The van der Waals surface area contributed by atoms with Gasteiger partial charge < -0.3 is 9.84 Å². The van der Waals surface area contributed by atoms with Gasteiger partial charge in [-0.05, 0) is 38.5 Å². The van der Waals surface area contributed by atoms with E-state index in [1.165, 1.54) is 0 Å². The number of hydrogen-bond donors (Lipinski definition) is 1. The SMILES string of the molecule is O=C(O)c1nnn(CCCC2CCCO2)c1C1CC1. The van der Waals surface area contributed by atoms with Crippen molar-refractivity contribution in [3.05, 3.63) is 11.4 Å². The molecule has 1 aromatic rings. The van der Waals surface area contributed by atoms with E-state index in [2.05, 4.69) is 10.3 Å². The second-order valence-corrected chi connectivity index (χ2v) is 5.40. The average Bonchev–Trinajstić information content (AvgIpc) is 2.92. The van der Waals surface area contributed by atoms with E-state index in [4.69, 9.17) is 9.84 Å². The van der Waals surface area contributed by atoms with Crippen LogP contribution in [0.3, 0.4) is 0 Å². The highest BCUT2D eigenvalue weighted by Crippen LogP contribution is 2.41. The molecule has 6 nitrogen and oxygen atoms in total. The van der Waals surface area contributed by atoms with E-state index in [9.17, 15) is 4.79 Å². The normalized spacial score (nSPS) is 22.8. The van der Waals surface area contributed by atoms with Gasteiger partial charge in [0.2, 0.25) is 0 Å². The van der Waals surface area contributed by atoms with Gasteiger partial charge in [0.15, 0.2) is 5.69 Å². The number of ether oxygens (including phenoxy) is 1. The first kappa shape index (κ1) is 12.6. The van der Waals surface area contributed by atoms with Crippen LogP contribution in [0.5, 0.6) is 0 Å². The van der Waals surface area contributed by atoms with Gasteiger partial charge in [-0.3, -0.25) is 0 Å². The number of carbonyl (C=O) groups is 1. The highest BCUT2D eigenvalue weighted by molar-refractivity contribution is 5.86. The second kappa shape index (κ2) is 5.28. The molecule has 1 atom stereocenters. The quantitative estimate of drug-likeness (QED) is 0.848. The number of carboxylic acid groups (broad SMARTS) is 1. The minimum Gasteiger partial charge on any atom is -0.476 e. The molecule has 1 aliphatic heterocycles. The van der Waals surface area contributed by atoms with Crippen LogP contribution in [0.4, 0.5) is 0 Å².